The zero-order valence-electron chi connectivity index (χ0n) is 9.43. The van der Waals surface area contributed by atoms with E-state index in [-0.39, 0.29) is 11.7 Å². The van der Waals surface area contributed by atoms with Crippen LogP contribution in [0.3, 0.4) is 0 Å². The molecule has 1 aliphatic carbocycles. The van der Waals surface area contributed by atoms with Crippen LogP contribution in [0.5, 0.6) is 0 Å². The van der Waals surface area contributed by atoms with Gasteiger partial charge < -0.3 is 5.73 Å². The fraction of sp³-hybridized carbons (Fsp3) is 0.500. The van der Waals surface area contributed by atoms with Crippen molar-refractivity contribution in [3.05, 3.63) is 38.9 Å². The van der Waals surface area contributed by atoms with Crippen molar-refractivity contribution >= 4 is 17.3 Å². The largest absolute Gasteiger partial charge is 0.324 e. The van der Waals surface area contributed by atoms with Crippen LogP contribution in [-0.2, 0) is 0 Å². The summed E-state index contributed by atoms with van der Waals surface area (Å²) in [5.41, 5.74) is 7.01. The second-order valence-corrected chi connectivity index (χ2v) is 4.94. The van der Waals surface area contributed by atoms with Gasteiger partial charge in [-0.25, -0.2) is 0 Å². The first-order valence-corrected chi connectivity index (χ1v) is 6.17. The van der Waals surface area contributed by atoms with Crippen molar-refractivity contribution in [1.82, 2.24) is 0 Å². The summed E-state index contributed by atoms with van der Waals surface area (Å²) in [6, 6.07) is 4.43. The first-order valence-electron chi connectivity index (χ1n) is 5.79. The maximum atomic E-state index is 10.6. The van der Waals surface area contributed by atoms with Gasteiger partial charge in [-0.05, 0) is 30.4 Å². The molecule has 0 saturated heterocycles. The molecule has 0 aliphatic heterocycles. The molecule has 2 rings (SSSR count). The summed E-state index contributed by atoms with van der Waals surface area (Å²) in [7, 11) is 0. The van der Waals surface area contributed by atoms with E-state index in [1.807, 2.05) is 0 Å². The molecule has 5 heteroatoms. The van der Waals surface area contributed by atoms with E-state index in [9.17, 15) is 10.1 Å². The van der Waals surface area contributed by atoms with Crippen LogP contribution in [-0.4, -0.2) is 4.92 Å². The van der Waals surface area contributed by atoms with Crippen molar-refractivity contribution in [2.75, 3.05) is 0 Å². The molecule has 1 unspecified atom stereocenters. The lowest BCUT2D eigenvalue weighted by Crippen LogP contribution is -2.19. The summed E-state index contributed by atoms with van der Waals surface area (Å²) in [4.78, 5) is 10.2. The van der Waals surface area contributed by atoms with Gasteiger partial charge in [0.05, 0.1) is 9.95 Å². The first-order chi connectivity index (χ1) is 8.09. The van der Waals surface area contributed by atoms with Gasteiger partial charge in [-0.1, -0.05) is 24.4 Å². The fourth-order valence-corrected chi connectivity index (χ4v) is 2.77. The Morgan fingerprint density at radius 3 is 2.59 bits per heavy atom. The maximum Gasteiger partial charge on any atom is 0.270 e. The molecule has 0 amide bonds. The van der Waals surface area contributed by atoms with Gasteiger partial charge in [-0.2, -0.15) is 0 Å². The Labute approximate surface area is 105 Å². The highest BCUT2D eigenvalue weighted by Crippen LogP contribution is 2.37. The minimum atomic E-state index is -0.448. The van der Waals surface area contributed by atoms with Crippen LogP contribution in [0.1, 0.15) is 37.3 Å². The van der Waals surface area contributed by atoms with Crippen LogP contribution in [0.15, 0.2) is 18.2 Å². The molecule has 4 nitrogen and oxygen atoms in total. The monoisotopic (exact) mass is 254 g/mol. The minimum absolute atomic E-state index is 0.0115. The van der Waals surface area contributed by atoms with Gasteiger partial charge in [0.15, 0.2) is 0 Å². The Kier molecular flexibility index (Phi) is 3.64. The summed E-state index contributed by atoms with van der Waals surface area (Å²) in [6.07, 6.45) is 4.66. The molecule has 0 spiro atoms. The Morgan fingerprint density at radius 1 is 1.41 bits per heavy atom. The fourth-order valence-electron chi connectivity index (χ4n) is 2.47. The summed E-state index contributed by atoms with van der Waals surface area (Å²) < 4.78 is 0. The lowest BCUT2D eigenvalue weighted by molar-refractivity contribution is -0.384. The first kappa shape index (κ1) is 12.3. The van der Waals surface area contributed by atoms with E-state index in [4.69, 9.17) is 17.3 Å². The van der Waals surface area contributed by atoms with Crippen molar-refractivity contribution < 1.29 is 4.92 Å². The molecule has 2 N–H and O–H groups in total. The third kappa shape index (κ3) is 2.58. The highest BCUT2D eigenvalue weighted by atomic mass is 35.5. The average Bonchev–Trinajstić information content (AvgIpc) is 2.81. The number of hydrogen-bond donors (Lipinski definition) is 1. The SMILES string of the molecule is NC(c1ccc([N+](=O)[O-])cc1Cl)C1CCCC1. The molecule has 1 atom stereocenters. The van der Waals surface area contributed by atoms with Crippen molar-refractivity contribution in [2.24, 2.45) is 11.7 Å². The molecule has 0 bridgehead atoms. The highest BCUT2D eigenvalue weighted by molar-refractivity contribution is 6.31. The molecule has 1 aliphatic rings. The number of nitrogens with two attached hydrogens (primary N) is 1. The summed E-state index contributed by atoms with van der Waals surface area (Å²) in [5, 5.41) is 11.0. The van der Waals surface area contributed by atoms with E-state index in [0.29, 0.717) is 10.9 Å². The number of nitro groups is 1. The topological polar surface area (TPSA) is 69.2 Å². The third-order valence-corrected chi connectivity index (χ3v) is 3.79. The average molecular weight is 255 g/mol. The van der Waals surface area contributed by atoms with E-state index < -0.39 is 4.92 Å². The van der Waals surface area contributed by atoms with Gasteiger partial charge >= 0.3 is 0 Å². The van der Waals surface area contributed by atoms with Crippen molar-refractivity contribution in [2.45, 2.75) is 31.7 Å². The van der Waals surface area contributed by atoms with Gasteiger partial charge in [-0.15, -0.1) is 0 Å². The number of nitrogens with zero attached hydrogens (tertiary/aromatic N) is 1. The molecule has 0 aromatic heterocycles. The van der Waals surface area contributed by atoms with Gasteiger partial charge in [-0.3, -0.25) is 10.1 Å². The molecular weight excluding hydrogens is 240 g/mol. The van der Waals surface area contributed by atoms with Gasteiger partial charge in [0, 0.05) is 18.2 Å². The van der Waals surface area contributed by atoms with E-state index in [1.165, 1.54) is 25.0 Å². The smallest absolute Gasteiger partial charge is 0.270 e. The third-order valence-electron chi connectivity index (χ3n) is 3.46. The molecule has 0 heterocycles. The van der Waals surface area contributed by atoms with E-state index in [0.717, 1.165) is 18.4 Å². The predicted molar refractivity (Wildman–Crippen MR) is 67.0 cm³/mol. The number of hydrogen-bond acceptors (Lipinski definition) is 3. The second-order valence-electron chi connectivity index (χ2n) is 4.53. The summed E-state index contributed by atoms with van der Waals surface area (Å²) >= 11 is 6.06. The minimum Gasteiger partial charge on any atom is -0.324 e. The lowest BCUT2D eigenvalue weighted by Gasteiger charge is -2.20. The molecule has 1 aromatic carbocycles. The summed E-state index contributed by atoms with van der Waals surface area (Å²) in [6.45, 7) is 0. The van der Waals surface area contributed by atoms with Crippen molar-refractivity contribution in [3.8, 4) is 0 Å². The van der Waals surface area contributed by atoms with Crippen LogP contribution in [0.25, 0.3) is 0 Å². The Balaban J connectivity index is 2.23. The molecule has 1 fully saturated rings. The standard InChI is InChI=1S/C12H15ClN2O2/c13-11-7-9(15(16)17)5-6-10(11)12(14)8-3-1-2-4-8/h5-8,12H,1-4,14H2. The maximum absolute atomic E-state index is 10.6. The van der Waals surface area contributed by atoms with Crippen molar-refractivity contribution in [1.29, 1.82) is 0 Å². The predicted octanol–water partition coefficient (Wildman–Crippen LogP) is 3.44. The quantitative estimate of drug-likeness (QED) is 0.664. The number of rotatable bonds is 3. The van der Waals surface area contributed by atoms with Gasteiger partial charge in [0.2, 0.25) is 0 Å². The number of halogens is 1. The normalized spacial score (nSPS) is 18.2. The number of nitro benzene ring substituents is 1. The van der Waals surface area contributed by atoms with Crippen LogP contribution in [0.4, 0.5) is 5.69 Å². The van der Waals surface area contributed by atoms with Gasteiger partial charge in [0.25, 0.3) is 5.69 Å². The zero-order valence-corrected chi connectivity index (χ0v) is 10.2. The highest BCUT2D eigenvalue weighted by Gasteiger charge is 2.25. The lowest BCUT2D eigenvalue weighted by atomic mass is 9.92. The molecule has 0 radical (unpaired) electrons. The number of non-ortho nitro benzene ring substituents is 1. The molecule has 17 heavy (non-hydrogen) atoms. The van der Waals surface area contributed by atoms with Crippen LogP contribution in [0, 0.1) is 16.0 Å². The zero-order chi connectivity index (χ0) is 12.4. The Bertz CT molecular complexity index is 431. The second kappa shape index (κ2) is 5.02. The van der Waals surface area contributed by atoms with E-state index >= 15 is 0 Å². The van der Waals surface area contributed by atoms with E-state index in [1.54, 1.807) is 6.07 Å². The Hall–Kier alpha value is -1.13. The van der Waals surface area contributed by atoms with Crippen LogP contribution < -0.4 is 5.73 Å². The Morgan fingerprint density at radius 2 is 2.06 bits per heavy atom. The summed E-state index contributed by atoms with van der Waals surface area (Å²) in [5.74, 6) is 0.453. The van der Waals surface area contributed by atoms with Gasteiger partial charge in [0.1, 0.15) is 0 Å². The number of benzene rings is 1. The van der Waals surface area contributed by atoms with Crippen molar-refractivity contribution in [3.63, 3.8) is 0 Å². The van der Waals surface area contributed by atoms with Crippen LogP contribution in [0.2, 0.25) is 5.02 Å². The molecule has 1 saturated carbocycles. The molecule has 92 valence electrons. The van der Waals surface area contributed by atoms with E-state index in [2.05, 4.69) is 0 Å². The molecular formula is C12H15ClN2O2. The van der Waals surface area contributed by atoms with Crippen LogP contribution >= 0.6 is 11.6 Å². The molecule has 1 aromatic rings.